The Hall–Kier alpha value is -2.42. The SMILES string of the molecule is CN(C)C(=O)[C@H]1CC[C@@H](Nc2nc(NC3CCOCC3)ncc2C(N)=O)CC1. The van der Waals surface area contributed by atoms with E-state index >= 15 is 0 Å². The van der Waals surface area contributed by atoms with Crippen LogP contribution in [0.2, 0.25) is 0 Å². The van der Waals surface area contributed by atoms with Crippen molar-refractivity contribution in [3.8, 4) is 0 Å². The van der Waals surface area contributed by atoms with Crippen LogP contribution < -0.4 is 16.4 Å². The Morgan fingerprint density at radius 2 is 1.71 bits per heavy atom. The standard InChI is InChI=1S/C19H30N6O3/c1-25(2)18(27)12-3-5-13(6-4-12)22-17-15(16(20)26)11-21-19(24-17)23-14-7-9-28-10-8-14/h11-14H,3-10H2,1-2H3,(H2,20,26)(H2,21,22,23,24)/t12-,13+. The summed E-state index contributed by atoms with van der Waals surface area (Å²) in [4.78, 5) is 34.4. The second-order valence-electron chi connectivity index (χ2n) is 7.78. The molecule has 0 bridgehead atoms. The van der Waals surface area contributed by atoms with E-state index in [1.807, 2.05) is 0 Å². The van der Waals surface area contributed by atoms with Crippen molar-refractivity contribution in [2.24, 2.45) is 11.7 Å². The first kappa shape index (κ1) is 20.3. The molecule has 2 heterocycles. The smallest absolute Gasteiger partial charge is 0.254 e. The molecular formula is C19H30N6O3. The number of nitrogens with two attached hydrogens (primary N) is 1. The highest BCUT2D eigenvalue weighted by atomic mass is 16.5. The number of hydrogen-bond donors (Lipinski definition) is 3. The van der Waals surface area contributed by atoms with Crippen molar-refractivity contribution in [2.75, 3.05) is 37.9 Å². The number of rotatable bonds is 6. The third-order valence-electron chi connectivity index (χ3n) is 5.47. The van der Waals surface area contributed by atoms with Gasteiger partial charge in [-0.15, -0.1) is 0 Å². The van der Waals surface area contributed by atoms with Crippen molar-refractivity contribution in [1.82, 2.24) is 14.9 Å². The van der Waals surface area contributed by atoms with Gasteiger partial charge in [0.15, 0.2) is 0 Å². The molecule has 1 aliphatic carbocycles. The van der Waals surface area contributed by atoms with Gasteiger partial charge >= 0.3 is 0 Å². The lowest BCUT2D eigenvalue weighted by atomic mass is 9.85. The fourth-order valence-corrected chi connectivity index (χ4v) is 3.81. The first-order valence-electron chi connectivity index (χ1n) is 9.93. The van der Waals surface area contributed by atoms with Crippen LogP contribution in [0.4, 0.5) is 11.8 Å². The van der Waals surface area contributed by atoms with Gasteiger partial charge in [-0.2, -0.15) is 4.98 Å². The van der Waals surface area contributed by atoms with Crippen LogP contribution in [0, 0.1) is 5.92 Å². The summed E-state index contributed by atoms with van der Waals surface area (Å²) >= 11 is 0. The predicted octanol–water partition coefficient (Wildman–Crippen LogP) is 1.23. The van der Waals surface area contributed by atoms with Gasteiger partial charge in [0, 0.05) is 51.5 Å². The molecule has 0 atom stereocenters. The quantitative estimate of drug-likeness (QED) is 0.667. The average molecular weight is 390 g/mol. The van der Waals surface area contributed by atoms with E-state index in [-0.39, 0.29) is 29.5 Å². The first-order chi connectivity index (χ1) is 13.4. The van der Waals surface area contributed by atoms with Gasteiger partial charge in [0.25, 0.3) is 5.91 Å². The van der Waals surface area contributed by atoms with Crippen molar-refractivity contribution in [2.45, 2.75) is 50.6 Å². The molecule has 0 unspecified atom stereocenters. The summed E-state index contributed by atoms with van der Waals surface area (Å²) < 4.78 is 5.37. The van der Waals surface area contributed by atoms with E-state index in [9.17, 15) is 9.59 Å². The highest BCUT2D eigenvalue weighted by molar-refractivity contribution is 5.97. The summed E-state index contributed by atoms with van der Waals surface area (Å²) in [7, 11) is 3.58. The predicted molar refractivity (Wildman–Crippen MR) is 106 cm³/mol. The molecule has 4 N–H and O–H groups in total. The fraction of sp³-hybridized carbons (Fsp3) is 0.684. The van der Waals surface area contributed by atoms with Gasteiger partial charge in [0.2, 0.25) is 11.9 Å². The van der Waals surface area contributed by atoms with Crippen LogP contribution in [-0.2, 0) is 9.53 Å². The van der Waals surface area contributed by atoms with Crippen LogP contribution in [0.3, 0.4) is 0 Å². The van der Waals surface area contributed by atoms with Crippen LogP contribution in [-0.4, -0.2) is 66.1 Å². The van der Waals surface area contributed by atoms with Crippen LogP contribution in [0.5, 0.6) is 0 Å². The van der Waals surface area contributed by atoms with Crippen molar-refractivity contribution in [3.05, 3.63) is 11.8 Å². The first-order valence-corrected chi connectivity index (χ1v) is 9.93. The molecule has 154 valence electrons. The number of nitrogens with one attached hydrogen (secondary N) is 2. The Kier molecular flexibility index (Phi) is 6.66. The number of amides is 2. The molecule has 1 saturated heterocycles. The third kappa shape index (κ3) is 5.09. The molecule has 1 saturated carbocycles. The minimum atomic E-state index is -0.559. The van der Waals surface area contributed by atoms with Crippen LogP contribution in [0.1, 0.15) is 48.9 Å². The molecule has 0 aromatic carbocycles. The molecule has 0 spiro atoms. The monoisotopic (exact) mass is 390 g/mol. The molecule has 2 fully saturated rings. The summed E-state index contributed by atoms with van der Waals surface area (Å²) in [5.74, 6) is 0.632. The van der Waals surface area contributed by atoms with E-state index < -0.39 is 5.91 Å². The van der Waals surface area contributed by atoms with Crippen molar-refractivity contribution >= 4 is 23.6 Å². The zero-order valence-electron chi connectivity index (χ0n) is 16.6. The normalized spacial score (nSPS) is 23.1. The summed E-state index contributed by atoms with van der Waals surface area (Å²) in [6.45, 7) is 1.44. The second kappa shape index (κ2) is 9.18. The number of carbonyl (C=O) groups is 2. The zero-order chi connectivity index (χ0) is 20.1. The largest absolute Gasteiger partial charge is 0.381 e. The number of nitrogens with zero attached hydrogens (tertiary/aromatic N) is 3. The average Bonchev–Trinajstić information content (AvgIpc) is 2.68. The maximum atomic E-state index is 12.1. The zero-order valence-corrected chi connectivity index (χ0v) is 16.6. The van der Waals surface area contributed by atoms with Gasteiger partial charge in [-0.05, 0) is 38.5 Å². The maximum Gasteiger partial charge on any atom is 0.254 e. The van der Waals surface area contributed by atoms with Gasteiger partial charge in [-0.1, -0.05) is 0 Å². The molecule has 9 nitrogen and oxygen atoms in total. The minimum Gasteiger partial charge on any atom is -0.381 e. The summed E-state index contributed by atoms with van der Waals surface area (Å²) in [5.41, 5.74) is 5.78. The molecule has 2 aliphatic rings. The Balaban J connectivity index is 1.65. The van der Waals surface area contributed by atoms with Crippen LogP contribution >= 0.6 is 0 Å². The third-order valence-corrected chi connectivity index (χ3v) is 5.47. The lowest BCUT2D eigenvalue weighted by Crippen LogP contribution is -2.35. The lowest BCUT2D eigenvalue weighted by molar-refractivity contribution is -0.133. The molecule has 1 aromatic heterocycles. The van der Waals surface area contributed by atoms with E-state index in [1.165, 1.54) is 6.20 Å². The van der Waals surface area contributed by atoms with Crippen molar-refractivity contribution in [1.29, 1.82) is 0 Å². The molecule has 1 aliphatic heterocycles. The Bertz CT molecular complexity index is 697. The molecule has 2 amide bonds. The topological polar surface area (TPSA) is 122 Å². The Morgan fingerprint density at radius 3 is 2.32 bits per heavy atom. The molecule has 0 radical (unpaired) electrons. The van der Waals surface area contributed by atoms with Crippen molar-refractivity contribution < 1.29 is 14.3 Å². The van der Waals surface area contributed by atoms with Crippen LogP contribution in [0.25, 0.3) is 0 Å². The van der Waals surface area contributed by atoms with E-state index in [0.29, 0.717) is 11.8 Å². The molecule has 1 aromatic rings. The van der Waals surface area contributed by atoms with E-state index in [1.54, 1.807) is 19.0 Å². The summed E-state index contributed by atoms with van der Waals surface area (Å²) in [6.07, 6.45) is 6.59. The van der Waals surface area contributed by atoms with E-state index in [2.05, 4.69) is 20.6 Å². The lowest BCUT2D eigenvalue weighted by Gasteiger charge is -2.30. The fourth-order valence-electron chi connectivity index (χ4n) is 3.81. The molecular weight excluding hydrogens is 360 g/mol. The molecule has 9 heteroatoms. The number of ether oxygens (including phenoxy) is 1. The number of aromatic nitrogens is 2. The van der Waals surface area contributed by atoms with Gasteiger partial charge in [0.1, 0.15) is 5.82 Å². The summed E-state index contributed by atoms with van der Waals surface area (Å²) in [5, 5.41) is 6.67. The number of anilines is 2. The number of primary amides is 1. The van der Waals surface area contributed by atoms with E-state index in [4.69, 9.17) is 10.5 Å². The number of carbonyl (C=O) groups excluding carboxylic acids is 2. The van der Waals surface area contributed by atoms with Crippen LogP contribution in [0.15, 0.2) is 6.20 Å². The van der Waals surface area contributed by atoms with E-state index in [0.717, 1.165) is 51.7 Å². The Morgan fingerprint density at radius 1 is 1.07 bits per heavy atom. The van der Waals surface area contributed by atoms with Gasteiger partial charge in [-0.3, -0.25) is 9.59 Å². The van der Waals surface area contributed by atoms with Gasteiger partial charge < -0.3 is 26.0 Å². The van der Waals surface area contributed by atoms with Gasteiger partial charge in [-0.25, -0.2) is 4.98 Å². The highest BCUT2D eigenvalue weighted by Gasteiger charge is 2.28. The Labute approximate surface area is 165 Å². The van der Waals surface area contributed by atoms with Gasteiger partial charge in [0.05, 0.1) is 5.56 Å². The second-order valence-corrected chi connectivity index (χ2v) is 7.78. The van der Waals surface area contributed by atoms with Crippen molar-refractivity contribution in [3.63, 3.8) is 0 Å². The minimum absolute atomic E-state index is 0.0693. The molecule has 3 rings (SSSR count). The molecule has 28 heavy (non-hydrogen) atoms. The maximum absolute atomic E-state index is 12.1. The number of hydrogen-bond acceptors (Lipinski definition) is 7. The summed E-state index contributed by atoms with van der Waals surface area (Å²) in [6, 6.07) is 0.406. The highest BCUT2D eigenvalue weighted by Crippen LogP contribution is 2.28.